The largest absolute Gasteiger partial charge is 0.372 e. The van der Waals surface area contributed by atoms with Gasteiger partial charge < -0.3 is 15.4 Å². The summed E-state index contributed by atoms with van der Waals surface area (Å²) in [5.74, 6) is -0.175. The Morgan fingerprint density at radius 3 is 3.09 bits per heavy atom. The minimum atomic E-state index is -0.175. The van der Waals surface area contributed by atoms with E-state index in [4.69, 9.17) is 4.74 Å². The van der Waals surface area contributed by atoms with E-state index in [1.54, 1.807) is 6.07 Å². The molecule has 6 nitrogen and oxygen atoms in total. The first-order chi connectivity index (χ1) is 11.3. The molecule has 1 saturated heterocycles. The zero-order valence-electron chi connectivity index (χ0n) is 12.9. The van der Waals surface area contributed by atoms with E-state index in [-0.39, 0.29) is 5.91 Å². The van der Waals surface area contributed by atoms with Crippen LogP contribution < -0.4 is 10.6 Å². The van der Waals surface area contributed by atoms with Crippen LogP contribution in [0.25, 0.3) is 0 Å². The number of piperidine rings is 1. The van der Waals surface area contributed by atoms with E-state index < -0.39 is 0 Å². The summed E-state index contributed by atoms with van der Waals surface area (Å²) in [7, 11) is 0. The van der Waals surface area contributed by atoms with Gasteiger partial charge >= 0.3 is 0 Å². The van der Waals surface area contributed by atoms with Crippen LogP contribution in [0.5, 0.6) is 0 Å². The van der Waals surface area contributed by atoms with Gasteiger partial charge in [0.2, 0.25) is 0 Å². The molecule has 1 fully saturated rings. The topological polar surface area (TPSA) is 68.2 Å². The van der Waals surface area contributed by atoms with E-state index in [1.165, 1.54) is 5.56 Å². The molecule has 0 bridgehead atoms. The summed E-state index contributed by atoms with van der Waals surface area (Å²) >= 11 is 0. The fourth-order valence-corrected chi connectivity index (χ4v) is 3.17. The molecule has 0 aliphatic carbocycles. The zero-order valence-corrected chi connectivity index (χ0v) is 12.9. The van der Waals surface area contributed by atoms with Crippen molar-refractivity contribution in [1.82, 2.24) is 15.1 Å². The third kappa shape index (κ3) is 3.00. The van der Waals surface area contributed by atoms with Crippen molar-refractivity contribution in [2.45, 2.75) is 32.1 Å². The van der Waals surface area contributed by atoms with Crippen LogP contribution in [0, 0.1) is 0 Å². The van der Waals surface area contributed by atoms with Crippen molar-refractivity contribution in [2.24, 2.45) is 0 Å². The fourth-order valence-electron chi connectivity index (χ4n) is 3.17. The first-order valence-electron chi connectivity index (χ1n) is 8.06. The molecule has 0 saturated carbocycles. The van der Waals surface area contributed by atoms with E-state index in [1.807, 2.05) is 29.1 Å². The summed E-state index contributed by atoms with van der Waals surface area (Å²) < 4.78 is 7.30. The number of nitrogens with zero attached hydrogens (tertiary/aromatic N) is 2. The molecule has 120 valence electrons. The molecule has 2 N–H and O–H groups in total. The molecule has 4 rings (SSSR count). The van der Waals surface area contributed by atoms with Crippen molar-refractivity contribution >= 4 is 11.6 Å². The summed E-state index contributed by atoms with van der Waals surface area (Å²) in [6, 6.07) is 8.00. The first kappa shape index (κ1) is 14.4. The van der Waals surface area contributed by atoms with Crippen LogP contribution in [-0.4, -0.2) is 28.8 Å². The Kier molecular flexibility index (Phi) is 3.85. The van der Waals surface area contributed by atoms with Gasteiger partial charge in [-0.15, -0.1) is 0 Å². The molecule has 2 aliphatic heterocycles. The van der Waals surface area contributed by atoms with Gasteiger partial charge in [0.1, 0.15) is 0 Å². The molecule has 1 aromatic heterocycles. The fraction of sp³-hybridized carbons (Fsp3) is 0.412. The minimum absolute atomic E-state index is 0.175. The molecule has 0 radical (unpaired) electrons. The number of fused-ring (bicyclic) bond motifs is 1. The molecular formula is C17H20N4O2. The van der Waals surface area contributed by atoms with Crippen molar-refractivity contribution in [3.05, 3.63) is 47.3 Å². The SMILES string of the molecule is O=C(Nc1ccc2c(c1)COC2)c1ccn(C2CCCNC2)n1. The van der Waals surface area contributed by atoms with E-state index >= 15 is 0 Å². The van der Waals surface area contributed by atoms with Crippen LogP contribution in [0.2, 0.25) is 0 Å². The van der Waals surface area contributed by atoms with E-state index in [9.17, 15) is 4.79 Å². The van der Waals surface area contributed by atoms with Crippen molar-refractivity contribution in [3.63, 3.8) is 0 Å². The predicted molar refractivity (Wildman–Crippen MR) is 86.3 cm³/mol. The van der Waals surface area contributed by atoms with E-state index in [0.717, 1.165) is 37.2 Å². The maximum absolute atomic E-state index is 12.4. The van der Waals surface area contributed by atoms with Gasteiger partial charge in [-0.2, -0.15) is 5.10 Å². The van der Waals surface area contributed by atoms with Crippen LogP contribution in [0.3, 0.4) is 0 Å². The molecule has 2 aliphatic rings. The second-order valence-electron chi connectivity index (χ2n) is 6.11. The highest BCUT2D eigenvalue weighted by molar-refractivity contribution is 6.02. The number of anilines is 1. The molecule has 1 aromatic carbocycles. The smallest absolute Gasteiger partial charge is 0.276 e. The number of benzene rings is 1. The number of ether oxygens (including phenoxy) is 1. The quantitative estimate of drug-likeness (QED) is 0.910. The van der Waals surface area contributed by atoms with Gasteiger partial charge in [-0.25, -0.2) is 0 Å². The van der Waals surface area contributed by atoms with Crippen molar-refractivity contribution < 1.29 is 9.53 Å². The number of carbonyl (C=O) groups excluding carboxylic acids is 1. The molecular weight excluding hydrogens is 292 g/mol. The lowest BCUT2D eigenvalue weighted by Crippen LogP contribution is -2.32. The second-order valence-corrected chi connectivity index (χ2v) is 6.11. The van der Waals surface area contributed by atoms with Gasteiger partial charge in [-0.1, -0.05) is 6.07 Å². The maximum Gasteiger partial charge on any atom is 0.276 e. The van der Waals surface area contributed by atoms with Gasteiger partial charge in [0, 0.05) is 18.4 Å². The lowest BCUT2D eigenvalue weighted by Gasteiger charge is -2.22. The van der Waals surface area contributed by atoms with Crippen molar-refractivity contribution in [1.29, 1.82) is 0 Å². The van der Waals surface area contributed by atoms with Crippen LogP contribution in [0.4, 0.5) is 5.69 Å². The first-order valence-corrected chi connectivity index (χ1v) is 8.06. The summed E-state index contributed by atoms with van der Waals surface area (Å²) in [5, 5.41) is 10.7. The van der Waals surface area contributed by atoms with E-state index in [2.05, 4.69) is 15.7 Å². The number of amides is 1. The van der Waals surface area contributed by atoms with Crippen LogP contribution >= 0.6 is 0 Å². The Hall–Kier alpha value is -2.18. The summed E-state index contributed by atoms with van der Waals surface area (Å²) in [4.78, 5) is 12.4. The number of nitrogens with one attached hydrogen (secondary N) is 2. The highest BCUT2D eigenvalue weighted by Gasteiger charge is 2.18. The van der Waals surface area contributed by atoms with Crippen LogP contribution in [-0.2, 0) is 18.0 Å². The third-order valence-corrected chi connectivity index (χ3v) is 4.47. The minimum Gasteiger partial charge on any atom is -0.372 e. The standard InChI is InChI=1S/C17H20N4O2/c22-17(19-14-4-3-12-10-23-11-13(12)8-14)16-5-7-21(20-16)15-2-1-6-18-9-15/h3-5,7-8,15,18H,1-2,6,9-11H2,(H,19,22). The number of aromatic nitrogens is 2. The van der Waals surface area contributed by atoms with Gasteiger partial charge in [-0.3, -0.25) is 9.48 Å². The summed E-state index contributed by atoms with van der Waals surface area (Å²) in [5.41, 5.74) is 3.57. The van der Waals surface area contributed by atoms with Gasteiger partial charge in [0.25, 0.3) is 5.91 Å². The molecule has 2 aromatic rings. The molecule has 3 heterocycles. The Morgan fingerprint density at radius 1 is 1.30 bits per heavy atom. The predicted octanol–water partition coefficient (Wildman–Crippen LogP) is 2.09. The Bertz CT molecular complexity index is 719. The van der Waals surface area contributed by atoms with Crippen LogP contribution in [0.1, 0.15) is 40.5 Å². The average Bonchev–Trinajstić information content (AvgIpc) is 3.24. The zero-order chi connectivity index (χ0) is 15.6. The van der Waals surface area contributed by atoms with Gasteiger partial charge in [0.05, 0.1) is 19.3 Å². The molecule has 1 unspecified atom stereocenters. The Morgan fingerprint density at radius 2 is 2.22 bits per heavy atom. The maximum atomic E-state index is 12.4. The normalized spacial score (nSPS) is 20.3. The molecule has 1 amide bonds. The van der Waals surface area contributed by atoms with Crippen molar-refractivity contribution in [2.75, 3.05) is 18.4 Å². The number of carbonyl (C=O) groups is 1. The molecule has 1 atom stereocenters. The number of hydrogen-bond donors (Lipinski definition) is 2. The lowest BCUT2D eigenvalue weighted by atomic mass is 10.1. The molecule has 0 spiro atoms. The Balaban J connectivity index is 1.45. The van der Waals surface area contributed by atoms with Crippen LogP contribution in [0.15, 0.2) is 30.5 Å². The number of hydrogen-bond acceptors (Lipinski definition) is 4. The monoisotopic (exact) mass is 312 g/mol. The third-order valence-electron chi connectivity index (χ3n) is 4.47. The Labute approximate surface area is 134 Å². The van der Waals surface area contributed by atoms with E-state index in [0.29, 0.717) is 24.9 Å². The average molecular weight is 312 g/mol. The summed E-state index contributed by atoms with van der Waals surface area (Å²) in [6.45, 7) is 3.24. The summed E-state index contributed by atoms with van der Waals surface area (Å²) in [6.07, 6.45) is 4.13. The second kappa shape index (κ2) is 6.14. The highest BCUT2D eigenvalue weighted by Crippen LogP contribution is 2.23. The van der Waals surface area contributed by atoms with Gasteiger partial charge in [-0.05, 0) is 48.7 Å². The molecule has 23 heavy (non-hydrogen) atoms. The highest BCUT2D eigenvalue weighted by atomic mass is 16.5. The lowest BCUT2D eigenvalue weighted by molar-refractivity contribution is 0.102. The molecule has 6 heteroatoms. The van der Waals surface area contributed by atoms with Gasteiger partial charge in [0.15, 0.2) is 5.69 Å². The van der Waals surface area contributed by atoms with Crippen molar-refractivity contribution in [3.8, 4) is 0 Å². The number of rotatable bonds is 3.